The first-order valence-electron chi connectivity index (χ1n) is 5.73. The van der Waals surface area contributed by atoms with Gasteiger partial charge in [-0.25, -0.2) is 0 Å². The number of rotatable bonds is 2. The maximum atomic E-state index is 11.7. The maximum absolute atomic E-state index is 11.7. The molecule has 0 spiro atoms. The molecule has 1 aromatic carbocycles. The zero-order valence-electron chi connectivity index (χ0n) is 9.56. The van der Waals surface area contributed by atoms with Gasteiger partial charge in [-0.05, 0) is 23.3 Å². The predicted octanol–water partition coefficient (Wildman–Crippen LogP) is 0.790. The van der Waals surface area contributed by atoms with Crippen molar-refractivity contribution in [2.24, 2.45) is 0 Å². The van der Waals surface area contributed by atoms with Crippen LogP contribution in [0.15, 0.2) is 24.4 Å². The normalized spacial score (nSPS) is 19.5. The molecule has 0 bridgehead atoms. The van der Waals surface area contributed by atoms with Gasteiger partial charge in [-0.15, -0.1) is 0 Å². The summed E-state index contributed by atoms with van der Waals surface area (Å²) in [5.74, 6) is -0.923. The van der Waals surface area contributed by atoms with Crippen LogP contribution in [0.4, 0.5) is 0 Å². The largest absolute Gasteiger partial charge is 0.392 e. The fourth-order valence-electron chi connectivity index (χ4n) is 2.38. The van der Waals surface area contributed by atoms with Crippen molar-refractivity contribution in [2.75, 3.05) is 0 Å². The third-order valence-corrected chi connectivity index (χ3v) is 3.30. The number of carbonyl (C=O) groups excluding carboxylic acids is 2. The van der Waals surface area contributed by atoms with E-state index >= 15 is 0 Å². The molecule has 2 aromatic rings. The first-order valence-corrected chi connectivity index (χ1v) is 5.73. The molecule has 5 nitrogen and oxygen atoms in total. The van der Waals surface area contributed by atoms with Gasteiger partial charge in [0.1, 0.15) is 0 Å². The molecule has 1 aliphatic heterocycles. The number of hydrogen-bond donors (Lipinski definition) is 3. The molecule has 1 atom stereocenters. The average Bonchev–Trinajstić information content (AvgIpc) is 2.91. The van der Waals surface area contributed by atoms with Gasteiger partial charge in [0.2, 0.25) is 11.8 Å². The topological polar surface area (TPSA) is 82.2 Å². The summed E-state index contributed by atoms with van der Waals surface area (Å²) in [7, 11) is 0. The van der Waals surface area contributed by atoms with Crippen molar-refractivity contribution >= 4 is 22.7 Å². The monoisotopic (exact) mass is 244 g/mol. The zero-order chi connectivity index (χ0) is 12.7. The molecule has 3 N–H and O–H groups in total. The van der Waals surface area contributed by atoms with Crippen LogP contribution in [0.2, 0.25) is 0 Å². The number of aromatic amines is 1. The van der Waals surface area contributed by atoms with E-state index in [1.54, 1.807) is 6.20 Å². The number of carbonyl (C=O) groups is 2. The second-order valence-electron chi connectivity index (χ2n) is 4.45. The molecule has 92 valence electrons. The number of benzene rings is 1. The molecule has 0 aliphatic carbocycles. The summed E-state index contributed by atoms with van der Waals surface area (Å²) >= 11 is 0. The lowest BCUT2D eigenvalue weighted by Gasteiger charge is -2.04. The van der Waals surface area contributed by atoms with Gasteiger partial charge in [0.05, 0.1) is 12.5 Å². The van der Waals surface area contributed by atoms with Crippen molar-refractivity contribution in [3.63, 3.8) is 0 Å². The zero-order valence-corrected chi connectivity index (χ0v) is 9.56. The number of amides is 2. The van der Waals surface area contributed by atoms with Crippen molar-refractivity contribution in [1.29, 1.82) is 0 Å². The van der Waals surface area contributed by atoms with Gasteiger partial charge in [0.15, 0.2) is 0 Å². The summed E-state index contributed by atoms with van der Waals surface area (Å²) < 4.78 is 0. The molecule has 3 rings (SSSR count). The molecule has 2 amide bonds. The van der Waals surface area contributed by atoms with Crippen LogP contribution >= 0.6 is 0 Å². The highest BCUT2D eigenvalue weighted by Gasteiger charge is 2.33. The molecule has 18 heavy (non-hydrogen) atoms. The van der Waals surface area contributed by atoms with Gasteiger partial charge >= 0.3 is 0 Å². The third kappa shape index (κ3) is 1.60. The second-order valence-corrected chi connectivity index (χ2v) is 4.45. The first kappa shape index (κ1) is 11.0. The van der Waals surface area contributed by atoms with E-state index < -0.39 is 5.92 Å². The molecular weight excluding hydrogens is 232 g/mol. The maximum Gasteiger partial charge on any atom is 0.234 e. The number of nitrogens with one attached hydrogen (secondary N) is 2. The van der Waals surface area contributed by atoms with Gasteiger partial charge in [-0.3, -0.25) is 14.9 Å². The molecule has 0 saturated carbocycles. The second kappa shape index (κ2) is 3.96. The Morgan fingerprint density at radius 2 is 2.17 bits per heavy atom. The van der Waals surface area contributed by atoms with E-state index in [1.165, 1.54) is 0 Å². The highest BCUT2D eigenvalue weighted by molar-refractivity contribution is 6.07. The molecular formula is C13H12N2O3. The van der Waals surface area contributed by atoms with Crippen LogP contribution in [-0.2, 0) is 16.2 Å². The third-order valence-electron chi connectivity index (χ3n) is 3.30. The molecule has 1 aromatic heterocycles. The molecule has 1 saturated heterocycles. The minimum absolute atomic E-state index is 0.0453. The summed E-state index contributed by atoms with van der Waals surface area (Å²) in [6.45, 7) is -0.0453. The Balaban J connectivity index is 2.11. The van der Waals surface area contributed by atoms with E-state index in [2.05, 4.69) is 10.3 Å². The van der Waals surface area contributed by atoms with Gasteiger partial charge in [-0.2, -0.15) is 0 Å². The van der Waals surface area contributed by atoms with E-state index in [0.29, 0.717) is 0 Å². The van der Waals surface area contributed by atoms with Crippen molar-refractivity contribution in [2.45, 2.75) is 18.9 Å². The van der Waals surface area contributed by atoms with Gasteiger partial charge in [0.25, 0.3) is 0 Å². The van der Waals surface area contributed by atoms with Crippen molar-refractivity contribution < 1.29 is 14.7 Å². The number of aromatic nitrogens is 1. The van der Waals surface area contributed by atoms with E-state index in [9.17, 15) is 9.59 Å². The van der Waals surface area contributed by atoms with Gasteiger partial charge in [0, 0.05) is 23.5 Å². The highest BCUT2D eigenvalue weighted by Crippen LogP contribution is 2.31. The smallest absolute Gasteiger partial charge is 0.234 e. The van der Waals surface area contributed by atoms with Gasteiger partial charge in [-0.1, -0.05) is 6.07 Å². The number of imide groups is 1. The first-order chi connectivity index (χ1) is 8.69. The lowest BCUT2D eigenvalue weighted by Crippen LogP contribution is -2.21. The number of aliphatic hydroxyl groups excluding tert-OH is 1. The Bertz CT molecular complexity index is 645. The number of fused-ring (bicyclic) bond motifs is 1. The Morgan fingerprint density at radius 3 is 2.83 bits per heavy atom. The average molecular weight is 244 g/mol. The Hall–Kier alpha value is -2.14. The Morgan fingerprint density at radius 1 is 1.33 bits per heavy atom. The standard InChI is InChI=1S/C13H12N2O3/c16-6-7-1-2-11-8(3-7)10(5-14-11)9-4-12(17)15-13(9)18/h1-3,5,9,14,16H,4,6H2,(H,15,17,18). The molecule has 0 radical (unpaired) electrons. The van der Waals surface area contributed by atoms with E-state index in [0.717, 1.165) is 22.0 Å². The Labute approximate surface area is 103 Å². The molecule has 1 fully saturated rings. The van der Waals surface area contributed by atoms with Crippen molar-refractivity contribution in [3.8, 4) is 0 Å². The van der Waals surface area contributed by atoms with Crippen LogP contribution in [0, 0.1) is 0 Å². The number of hydrogen-bond acceptors (Lipinski definition) is 3. The van der Waals surface area contributed by atoms with Crippen LogP contribution in [-0.4, -0.2) is 21.9 Å². The minimum atomic E-state index is -0.430. The quantitative estimate of drug-likeness (QED) is 0.683. The highest BCUT2D eigenvalue weighted by atomic mass is 16.3. The summed E-state index contributed by atoms with van der Waals surface area (Å²) in [6.07, 6.45) is 1.95. The van der Waals surface area contributed by atoms with Crippen molar-refractivity contribution in [3.05, 3.63) is 35.5 Å². The van der Waals surface area contributed by atoms with E-state index in [4.69, 9.17) is 5.11 Å². The van der Waals surface area contributed by atoms with Crippen LogP contribution in [0.5, 0.6) is 0 Å². The van der Waals surface area contributed by atoms with E-state index in [-0.39, 0.29) is 24.8 Å². The van der Waals surface area contributed by atoms with Crippen LogP contribution in [0.3, 0.4) is 0 Å². The van der Waals surface area contributed by atoms with Crippen molar-refractivity contribution in [1.82, 2.24) is 10.3 Å². The SMILES string of the molecule is O=C1CC(c2c[nH]c3ccc(CO)cc23)C(=O)N1. The lowest BCUT2D eigenvalue weighted by atomic mass is 9.96. The Kier molecular flexibility index (Phi) is 2.41. The molecule has 1 unspecified atom stereocenters. The lowest BCUT2D eigenvalue weighted by molar-refractivity contribution is -0.125. The minimum Gasteiger partial charge on any atom is -0.392 e. The van der Waals surface area contributed by atoms with Crippen LogP contribution in [0.25, 0.3) is 10.9 Å². The summed E-state index contributed by atoms with van der Waals surface area (Å²) in [4.78, 5) is 26.0. The van der Waals surface area contributed by atoms with Crippen LogP contribution in [0.1, 0.15) is 23.5 Å². The fraction of sp³-hybridized carbons (Fsp3) is 0.231. The molecule has 2 heterocycles. The number of H-pyrrole nitrogens is 1. The predicted molar refractivity (Wildman–Crippen MR) is 64.7 cm³/mol. The number of aliphatic hydroxyl groups is 1. The summed E-state index contributed by atoms with van der Waals surface area (Å²) in [6, 6.07) is 5.53. The van der Waals surface area contributed by atoms with Crippen LogP contribution < -0.4 is 5.32 Å². The van der Waals surface area contributed by atoms with E-state index in [1.807, 2.05) is 18.2 Å². The fourth-order valence-corrected chi connectivity index (χ4v) is 2.38. The molecule has 5 heteroatoms. The van der Waals surface area contributed by atoms with Gasteiger partial charge < -0.3 is 10.1 Å². The molecule has 1 aliphatic rings. The summed E-state index contributed by atoms with van der Waals surface area (Å²) in [5.41, 5.74) is 2.49. The summed E-state index contributed by atoms with van der Waals surface area (Å²) in [5, 5.41) is 12.3.